The summed E-state index contributed by atoms with van der Waals surface area (Å²) in [7, 11) is 0. The van der Waals surface area contributed by atoms with Crippen molar-refractivity contribution in [3.63, 3.8) is 0 Å². The number of nitrogens with two attached hydrogens (primary N) is 1. The smallest absolute Gasteiger partial charge is 0.412 e. The van der Waals surface area contributed by atoms with Crippen molar-refractivity contribution in [3.8, 4) is 11.5 Å². The van der Waals surface area contributed by atoms with E-state index in [1.807, 2.05) is 6.92 Å². The van der Waals surface area contributed by atoms with E-state index >= 15 is 0 Å². The Kier molecular flexibility index (Phi) is 4.70. The summed E-state index contributed by atoms with van der Waals surface area (Å²) in [5, 5.41) is 6.60. The molecule has 0 atom stereocenters. The van der Waals surface area contributed by atoms with Crippen molar-refractivity contribution in [2.75, 3.05) is 5.32 Å². The van der Waals surface area contributed by atoms with Crippen LogP contribution in [-0.4, -0.2) is 21.8 Å². The van der Waals surface area contributed by atoms with E-state index in [-0.39, 0.29) is 0 Å². The molecule has 0 aliphatic heterocycles. The fourth-order valence-corrected chi connectivity index (χ4v) is 2.06. The van der Waals surface area contributed by atoms with Gasteiger partial charge in [-0.3, -0.25) is 5.32 Å². The van der Waals surface area contributed by atoms with E-state index in [0.29, 0.717) is 29.4 Å². The number of carbonyl (C=O) groups is 1. The van der Waals surface area contributed by atoms with E-state index in [2.05, 4.69) is 15.5 Å². The first kappa shape index (κ1) is 17.0. The fraction of sp³-hybridized carbons (Fsp3) is 0.438. The molecule has 0 radical (unpaired) electrons. The summed E-state index contributed by atoms with van der Waals surface area (Å²) >= 11 is 0. The number of amides is 1. The summed E-state index contributed by atoms with van der Waals surface area (Å²) in [6.45, 7) is 9.37. The minimum atomic E-state index is -0.557. The molecule has 0 aliphatic rings. The molecule has 0 aliphatic carbocycles. The number of ether oxygens (including phenoxy) is 1. The Morgan fingerprint density at radius 1 is 1.30 bits per heavy atom. The van der Waals surface area contributed by atoms with E-state index in [1.165, 1.54) is 0 Å². The number of nitrogens with one attached hydrogen (secondary N) is 1. The van der Waals surface area contributed by atoms with Crippen LogP contribution in [0.2, 0.25) is 0 Å². The molecule has 0 aromatic carbocycles. The number of anilines is 1. The maximum atomic E-state index is 11.8. The third kappa shape index (κ3) is 4.07. The molecule has 2 aromatic heterocycles. The fourth-order valence-electron chi connectivity index (χ4n) is 2.06. The summed E-state index contributed by atoms with van der Waals surface area (Å²) in [6, 6.07) is 3.50. The molecule has 0 unspecified atom stereocenters. The number of hydrogen-bond donors (Lipinski definition) is 2. The van der Waals surface area contributed by atoms with E-state index in [1.54, 1.807) is 39.8 Å². The van der Waals surface area contributed by atoms with Gasteiger partial charge in [-0.25, -0.2) is 9.78 Å². The maximum Gasteiger partial charge on any atom is 0.412 e. The van der Waals surface area contributed by atoms with Crippen LogP contribution < -0.4 is 11.1 Å². The zero-order valence-corrected chi connectivity index (χ0v) is 14.1. The molecule has 0 spiro atoms. The van der Waals surface area contributed by atoms with Gasteiger partial charge in [0.2, 0.25) is 0 Å². The van der Waals surface area contributed by atoms with Gasteiger partial charge in [-0.1, -0.05) is 5.16 Å². The van der Waals surface area contributed by atoms with E-state index in [4.69, 9.17) is 15.0 Å². The van der Waals surface area contributed by atoms with Crippen LogP contribution in [0.1, 0.15) is 37.7 Å². The summed E-state index contributed by atoms with van der Waals surface area (Å²) in [5.74, 6) is 0.553. The Balaban J connectivity index is 2.23. The van der Waals surface area contributed by atoms with Crippen LogP contribution >= 0.6 is 0 Å². The Bertz CT molecular complexity index is 717. The van der Waals surface area contributed by atoms with Gasteiger partial charge in [0.15, 0.2) is 5.76 Å². The zero-order valence-electron chi connectivity index (χ0n) is 14.1. The summed E-state index contributed by atoms with van der Waals surface area (Å²) < 4.78 is 10.5. The Labute approximate surface area is 135 Å². The molecule has 2 heterocycles. The molecule has 23 heavy (non-hydrogen) atoms. The van der Waals surface area contributed by atoms with Crippen molar-refractivity contribution >= 4 is 11.8 Å². The van der Waals surface area contributed by atoms with Crippen LogP contribution in [0.3, 0.4) is 0 Å². The molecule has 0 bridgehead atoms. The number of carbonyl (C=O) groups excluding carboxylic acids is 1. The SMILES string of the molecule is Cc1nc(-c2onc(C)c2CN)ccc1NC(=O)OC(C)(C)C. The second-order valence-corrected chi connectivity index (χ2v) is 6.24. The quantitative estimate of drug-likeness (QED) is 0.901. The van der Waals surface area contributed by atoms with Gasteiger partial charge in [0.1, 0.15) is 11.3 Å². The summed E-state index contributed by atoms with van der Waals surface area (Å²) in [5.41, 5.74) is 8.58. The minimum Gasteiger partial charge on any atom is -0.444 e. The van der Waals surface area contributed by atoms with E-state index < -0.39 is 11.7 Å². The lowest BCUT2D eigenvalue weighted by Gasteiger charge is -2.20. The first-order valence-corrected chi connectivity index (χ1v) is 7.34. The zero-order chi connectivity index (χ0) is 17.2. The Morgan fingerprint density at radius 3 is 2.57 bits per heavy atom. The van der Waals surface area contributed by atoms with Crippen molar-refractivity contribution in [1.82, 2.24) is 10.1 Å². The highest BCUT2D eigenvalue weighted by Gasteiger charge is 2.19. The van der Waals surface area contributed by atoms with Gasteiger partial charge >= 0.3 is 6.09 Å². The molecular formula is C16H22N4O3. The highest BCUT2D eigenvalue weighted by molar-refractivity contribution is 5.85. The van der Waals surface area contributed by atoms with Gasteiger partial charge in [-0.15, -0.1) is 0 Å². The van der Waals surface area contributed by atoms with Crippen LogP contribution in [-0.2, 0) is 11.3 Å². The minimum absolute atomic E-state index is 0.323. The van der Waals surface area contributed by atoms with Crippen molar-refractivity contribution in [2.45, 2.75) is 46.8 Å². The Morgan fingerprint density at radius 2 is 2.00 bits per heavy atom. The van der Waals surface area contributed by atoms with Crippen LogP contribution in [0.4, 0.5) is 10.5 Å². The molecular weight excluding hydrogens is 296 g/mol. The van der Waals surface area contributed by atoms with Gasteiger partial charge in [0, 0.05) is 12.1 Å². The van der Waals surface area contributed by atoms with E-state index in [0.717, 1.165) is 11.3 Å². The number of rotatable bonds is 3. The highest BCUT2D eigenvalue weighted by atomic mass is 16.6. The highest BCUT2D eigenvalue weighted by Crippen LogP contribution is 2.26. The topological polar surface area (TPSA) is 103 Å². The Hall–Kier alpha value is -2.41. The molecule has 7 heteroatoms. The molecule has 0 saturated heterocycles. The van der Waals surface area contributed by atoms with Crippen LogP contribution in [0.15, 0.2) is 16.7 Å². The molecule has 0 fully saturated rings. The monoisotopic (exact) mass is 318 g/mol. The lowest BCUT2D eigenvalue weighted by Crippen LogP contribution is -2.27. The lowest BCUT2D eigenvalue weighted by atomic mass is 10.1. The average molecular weight is 318 g/mol. The molecule has 124 valence electrons. The molecule has 7 nitrogen and oxygen atoms in total. The standard InChI is InChI=1S/C16H22N4O3/c1-9-11(8-17)14(23-20-9)13-7-6-12(10(2)18-13)19-15(21)22-16(3,4)5/h6-7H,8,17H2,1-5H3,(H,19,21). The first-order chi connectivity index (χ1) is 10.7. The number of aromatic nitrogens is 2. The predicted octanol–water partition coefficient (Wildman–Crippen LogP) is 3.16. The van der Waals surface area contributed by atoms with Gasteiger partial charge in [-0.05, 0) is 46.8 Å². The van der Waals surface area contributed by atoms with Gasteiger partial charge in [0.25, 0.3) is 0 Å². The van der Waals surface area contributed by atoms with Crippen molar-refractivity contribution in [3.05, 3.63) is 29.1 Å². The largest absolute Gasteiger partial charge is 0.444 e. The molecule has 2 aromatic rings. The second kappa shape index (κ2) is 6.37. The van der Waals surface area contributed by atoms with Crippen molar-refractivity contribution in [1.29, 1.82) is 0 Å². The van der Waals surface area contributed by atoms with Gasteiger partial charge < -0.3 is 15.0 Å². The molecule has 0 saturated carbocycles. The number of nitrogens with zero attached hydrogens (tertiary/aromatic N) is 2. The maximum absolute atomic E-state index is 11.8. The number of pyridine rings is 1. The first-order valence-electron chi connectivity index (χ1n) is 7.34. The lowest BCUT2D eigenvalue weighted by molar-refractivity contribution is 0.0635. The molecule has 2 rings (SSSR count). The molecule has 1 amide bonds. The van der Waals surface area contributed by atoms with Gasteiger partial charge in [0.05, 0.1) is 17.1 Å². The summed E-state index contributed by atoms with van der Waals surface area (Å²) in [4.78, 5) is 16.3. The second-order valence-electron chi connectivity index (χ2n) is 6.24. The third-order valence-corrected chi connectivity index (χ3v) is 3.14. The van der Waals surface area contributed by atoms with E-state index in [9.17, 15) is 4.79 Å². The molecule has 3 N–H and O–H groups in total. The van der Waals surface area contributed by atoms with Crippen molar-refractivity contribution in [2.24, 2.45) is 5.73 Å². The van der Waals surface area contributed by atoms with Gasteiger partial charge in [-0.2, -0.15) is 0 Å². The number of aryl methyl sites for hydroxylation is 2. The average Bonchev–Trinajstić information content (AvgIpc) is 2.80. The van der Waals surface area contributed by atoms with Crippen molar-refractivity contribution < 1.29 is 14.1 Å². The van der Waals surface area contributed by atoms with Crippen LogP contribution in [0, 0.1) is 13.8 Å². The number of hydrogen-bond acceptors (Lipinski definition) is 6. The summed E-state index contributed by atoms with van der Waals surface area (Å²) in [6.07, 6.45) is -0.520. The normalized spacial score (nSPS) is 11.4. The third-order valence-electron chi connectivity index (χ3n) is 3.14. The van der Waals surface area contributed by atoms with Crippen LogP contribution in [0.25, 0.3) is 11.5 Å². The predicted molar refractivity (Wildman–Crippen MR) is 87.0 cm³/mol. The van der Waals surface area contributed by atoms with Crippen LogP contribution in [0.5, 0.6) is 0 Å².